The summed E-state index contributed by atoms with van der Waals surface area (Å²) in [6.07, 6.45) is 3.83. The zero-order valence-electron chi connectivity index (χ0n) is 16.4. The van der Waals surface area contributed by atoms with Gasteiger partial charge in [-0.2, -0.15) is 0 Å². The number of amides is 1. The predicted octanol–water partition coefficient (Wildman–Crippen LogP) is 2.75. The first-order chi connectivity index (χ1) is 13.8. The fraction of sp³-hybridized carbons (Fsp3) is 0.333. The van der Waals surface area contributed by atoms with Crippen molar-refractivity contribution in [3.8, 4) is 0 Å². The molecule has 7 nitrogen and oxygen atoms in total. The molecule has 1 N–H and O–H groups in total. The van der Waals surface area contributed by atoms with E-state index in [1.807, 2.05) is 18.2 Å². The number of sulfonamides is 1. The number of esters is 1. The number of hydrogen-bond acceptors (Lipinski definition) is 5. The van der Waals surface area contributed by atoms with Gasteiger partial charge in [0.2, 0.25) is 10.0 Å². The summed E-state index contributed by atoms with van der Waals surface area (Å²) < 4.78 is 30.4. The molecule has 0 spiro atoms. The highest BCUT2D eigenvalue weighted by Crippen LogP contribution is 2.33. The lowest BCUT2D eigenvalue weighted by Gasteiger charge is -2.33. The highest BCUT2D eigenvalue weighted by atomic mass is 32.2. The number of ether oxygens (including phenoxy) is 1. The van der Waals surface area contributed by atoms with Crippen LogP contribution in [-0.4, -0.2) is 45.1 Å². The SMILES string of the molecule is CN(C(=O)COC(=O)c1ccccc1NS(C)(=O)=O)[C@@H]1CCCc2ccccc21. The van der Waals surface area contributed by atoms with Gasteiger partial charge in [0.15, 0.2) is 6.61 Å². The van der Waals surface area contributed by atoms with Gasteiger partial charge in [-0.05, 0) is 42.5 Å². The monoisotopic (exact) mass is 416 g/mol. The largest absolute Gasteiger partial charge is 0.452 e. The third kappa shape index (κ3) is 5.14. The van der Waals surface area contributed by atoms with Gasteiger partial charge in [0.25, 0.3) is 5.91 Å². The molecule has 0 bridgehead atoms. The average molecular weight is 416 g/mol. The van der Waals surface area contributed by atoms with Crippen LogP contribution >= 0.6 is 0 Å². The number of carbonyl (C=O) groups excluding carboxylic acids is 2. The number of fused-ring (bicyclic) bond motifs is 1. The summed E-state index contributed by atoms with van der Waals surface area (Å²) in [5.41, 5.74) is 2.53. The second-order valence-corrected chi connectivity index (χ2v) is 8.86. The molecule has 1 amide bonds. The molecule has 0 aliphatic heterocycles. The van der Waals surface area contributed by atoms with Crippen molar-refractivity contribution in [3.05, 3.63) is 65.2 Å². The average Bonchev–Trinajstić information content (AvgIpc) is 2.70. The van der Waals surface area contributed by atoms with E-state index in [-0.39, 0.29) is 23.2 Å². The number of benzene rings is 2. The van der Waals surface area contributed by atoms with Gasteiger partial charge >= 0.3 is 5.97 Å². The van der Waals surface area contributed by atoms with Gasteiger partial charge in [0.05, 0.1) is 23.5 Å². The van der Waals surface area contributed by atoms with Gasteiger partial charge < -0.3 is 9.64 Å². The summed E-state index contributed by atoms with van der Waals surface area (Å²) in [5.74, 6) is -1.07. The number of aryl methyl sites for hydroxylation is 1. The predicted molar refractivity (Wildman–Crippen MR) is 110 cm³/mol. The lowest BCUT2D eigenvalue weighted by atomic mass is 9.87. The normalized spacial score (nSPS) is 15.9. The topological polar surface area (TPSA) is 92.8 Å². The van der Waals surface area contributed by atoms with Crippen molar-refractivity contribution in [2.45, 2.75) is 25.3 Å². The van der Waals surface area contributed by atoms with Gasteiger partial charge in [0, 0.05) is 7.05 Å². The smallest absolute Gasteiger partial charge is 0.340 e. The van der Waals surface area contributed by atoms with Gasteiger partial charge in [-0.3, -0.25) is 9.52 Å². The minimum atomic E-state index is -3.55. The fourth-order valence-electron chi connectivity index (χ4n) is 3.56. The number of nitrogens with one attached hydrogen (secondary N) is 1. The number of anilines is 1. The number of rotatable bonds is 6. The zero-order valence-corrected chi connectivity index (χ0v) is 17.2. The molecule has 0 radical (unpaired) electrons. The minimum Gasteiger partial charge on any atom is -0.452 e. The molecule has 0 unspecified atom stereocenters. The van der Waals surface area contributed by atoms with Crippen LogP contribution in [0.3, 0.4) is 0 Å². The maximum atomic E-state index is 12.6. The van der Waals surface area contributed by atoms with Crippen LogP contribution in [0.2, 0.25) is 0 Å². The first kappa shape index (κ1) is 20.9. The van der Waals surface area contributed by atoms with Crippen LogP contribution in [0, 0.1) is 0 Å². The molecule has 2 aromatic carbocycles. The number of likely N-dealkylation sites (N-methyl/N-ethyl adjacent to an activating group) is 1. The molecule has 154 valence electrons. The van der Waals surface area contributed by atoms with Crippen molar-refractivity contribution in [2.75, 3.05) is 24.6 Å². The molecule has 3 rings (SSSR count). The molecular formula is C21H24N2O5S. The molecule has 1 atom stereocenters. The van der Waals surface area contributed by atoms with Crippen LogP contribution in [0.5, 0.6) is 0 Å². The number of carbonyl (C=O) groups is 2. The second-order valence-electron chi connectivity index (χ2n) is 7.11. The van der Waals surface area contributed by atoms with Crippen LogP contribution < -0.4 is 4.72 Å². The summed E-state index contributed by atoms with van der Waals surface area (Å²) in [4.78, 5) is 26.7. The van der Waals surface area contributed by atoms with E-state index >= 15 is 0 Å². The molecule has 0 heterocycles. The Labute approximate surface area is 170 Å². The van der Waals surface area contributed by atoms with E-state index in [2.05, 4.69) is 10.8 Å². The van der Waals surface area contributed by atoms with E-state index in [0.717, 1.165) is 31.1 Å². The van der Waals surface area contributed by atoms with Crippen molar-refractivity contribution in [2.24, 2.45) is 0 Å². The fourth-order valence-corrected chi connectivity index (χ4v) is 4.14. The van der Waals surface area contributed by atoms with Gasteiger partial charge in [-0.25, -0.2) is 13.2 Å². The van der Waals surface area contributed by atoms with Crippen LogP contribution in [-0.2, 0) is 26.0 Å². The van der Waals surface area contributed by atoms with Crippen LogP contribution in [0.4, 0.5) is 5.69 Å². The van der Waals surface area contributed by atoms with Crippen LogP contribution in [0.1, 0.15) is 40.4 Å². The minimum absolute atomic E-state index is 0.0506. The molecule has 0 saturated heterocycles. The van der Waals surface area contributed by atoms with Crippen molar-refractivity contribution in [3.63, 3.8) is 0 Å². The number of hydrogen-bond donors (Lipinski definition) is 1. The molecule has 29 heavy (non-hydrogen) atoms. The van der Waals surface area contributed by atoms with E-state index in [0.29, 0.717) is 0 Å². The van der Waals surface area contributed by atoms with Crippen molar-refractivity contribution in [1.29, 1.82) is 0 Å². The van der Waals surface area contributed by atoms with Crippen molar-refractivity contribution >= 4 is 27.6 Å². The molecule has 0 aromatic heterocycles. The second kappa shape index (κ2) is 8.65. The Balaban J connectivity index is 1.67. The van der Waals surface area contributed by atoms with E-state index in [1.54, 1.807) is 24.1 Å². The highest BCUT2D eigenvalue weighted by molar-refractivity contribution is 7.92. The molecule has 0 saturated carbocycles. The Bertz CT molecular complexity index is 1020. The Hall–Kier alpha value is -2.87. The first-order valence-electron chi connectivity index (χ1n) is 9.33. The number of para-hydroxylation sites is 1. The molecule has 2 aromatic rings. The Morgan fingerprint density at radius 1 is 1.14 bits per heavy atom. The highest BCUT2D eigenvalue weighted by Gasteiger charge is 2.27. The first-order valence-corrected chi connectivity index (χ1v) is 11.2. The summed E-state index contributed by atoms with van der Waals surface area (Å²) in [5, 5.41) is 0. The lowest BCUT2D eigenvalue weighted by molar-refractivity contribution is -0.135. The van der Waals surface area contributed by atoms with E-state index < -0.39 is 22.6 Å². The van der Waals surface area contributed by atoms with Gasteiger partial charge in [0.1, 0.15) is 0 Å². The molecule has 0 fully saturated rings. The van der Waals surface area contributed by atoms with E-state index in [4.69, 9.17) is 4.74 Å². The third-order valence-corrected chi connectivity index (χ3v) is 5.56. The standard InChI is InChI=1S/C21H24N2O5S/c1-23(19-13-7-9-15-8-3-4-10-16(15)19)20(24)14-28-21(25)17-11-5-6-12-18(17)22-29(2,26)27/h3-6,8,10-12,19,22H,7,9,13-14H2,1-2H3/t19-/m1/s1. The molecule has 1 aliphatic carbocycles. The van der Waals surface area contributed by atoms with Crippen LogP contribution in [0.25, 0.3) is 0 Å². The van der Waals surface area contributed by atoms with Crippen molar-refractivity contribution < 1.29 is 22.7 Å². The number of nitrogens with zero attached hydrogens (tertiary/aromatic N) is 1. The Morgan fingerprint density at radius 2 is 1.83 bits per heavy atom. The van der Waals surface area contributed by atoms with Crippen LogP contribution in [0.15, 0.2) is 48.5 Å². The Morgan fingerprint density at radius 3 is 2.59 bits per heavy atom. The third-order valence-electron chi connectivity index (χ3n) is 4.97. The molecular weight excluding hydrogens is 392 g/mol. The molecule has 8 heteroatoms. The maximum Gasteiger partial charge on any atom is 0.340 e. The zero-order chi connectivity index (χ0) is 21.0. The summed E-state index contributed by atoms with van der Waals surface area (Å²) >= 11 is 0. The summed E-state index contributed by atoms with van der Waals surface area (Å²) in [7, 11) is -1.84. The Kier molecular flexibility index (Phi) is 6.22. The molecule has 1 aliphatic rings. The van der Waals surface area contributed by atoms with Gasteiger partial charge in [-0.1, -0.05) is 36.4 Å². The quantitative estimate of drug-likeness (QED) is 0.731. The van der Waals surface area contributed by atoms with E-state index in [9.17, 15) is 18.0 Å². The maximum absolute atomic E-state index is 12.6. The van der Waals surface area contributed by atoms with Gasteiger partial charge in [-0.15, -0.1) is 0 Å². The van der Waals surface area contributed by atoms with E-state index in [1.165, 1.54) is 17.7 Å². The summed E-state index contributed by atoms with van der Waals surface area (Å²) in [6.45, 7) is -0.415. The van der Waals surface area contributed by atoms with Crippen molar-refractivity contribution in [1.82, 2.24) is 4.90 Å². The lowest BCUT2D eigenvalue weighted by Crippen LogP contribution is -2.36. The summed E-state index contributed by atoms with van der Waals surface area (Å²) in [6, 6.07) is 14.1.